The highest BCUT2D eigenvalue weighted by atomic mass is 35.5. The van der Waals surface area contributed by atoms with Crippen molar-refractivity contribution < 1.29 is 9.53 Å². The molecule has 7 heteroatoms. The normalized spacial score (nSPS) is 21.9. The zero-order chi connectivity index (χ0) is 18.5. The standard InChI is InChI=1S/C19H26Cl2N2O2S/c1-14(24)23(26-17-4-2-3-5-17)13-16-12-22(8-9-25-16)11-15-6-7-18(20)19(21)10-15/h6-7,10,16-17H,2-5,8-9,11-13H2,1H3/t16-/m0/s1. The second kappa shape index (κ2) is 9.65. The summed E-state index contributed by atoms with van der Waals surface area (Å²) in [5.41, 5.74) is 1.14. The van der Waals surface area contributed by atoms with Crippen molar-refractivity contribution in [3.05, 3.63) is 33.8 Å². The average Bonchev–Trinajstić information content (AvgIpc) is 3.11. The van der Waals surface area contributed by atoms with Gasteiger partial charge in [-0.2, -0.15) is 0 Å². The van der Waals surface area contributed by atoms with Crippen LogP contribution in [0.5, 0.6) is 0 Å². The summed E-state index contributed by atoms with van der Waals surface area (Å²) in [5.74, 6) is 0.118. The number of hydrogen-bond donors (Lipinski definition) is 0. The van der Waals surface area contributed by atoms with Crippen molar-refractivity contribution in [2.45, 2.75) is 50.5 Å². The van der Waals surface area contributed by atoms with Gasteiger partial charge in [0.25, 0.3) is 0 Å². The van der Waals surface area contributed by atoms with Crippen molar-refractivity contribution >= 4 is 41.1 Å². The summed E-state index contributed by atoms with van der Waals surface area (Å²) in [6.45, 7) is 5.49. The van der Waals surface area contributed by atoms with Crippen molar-refractivity contribution in [2.24, 2.45) is 0 Å². The monoisotopic (exact) mass is 416 g/mol. The van der Waals surface area contributed by atoms with Gasteiger partial charge in [-0.05, 0) is 42.5 Å². The van der Waals surface area contributed by atoms with Gasteiger partial charge < -0.3 is 4.74 Å². The summed E-state index contributed by atoms with van der Waals surface area (Å²) in [4.78, 5) is 14.4. The molecule has 1 aromatic carbocycles. The van der Waals surface area contributed by atoms with E-state index >= 15 is 0 Å². The largest absolute Gasteiger partial charge is 0.374 e. The van der Waals surface area contributed by atoms with Crippen molar-refractivity contribution in [1.29, 1.82) is 0 Å². The summed E-state index contributed by atoms with van der Waals surface area (Å²) < 4.78 is 7.84. The minimum absolute atomic E-state index is 0.0457. The van der Waals surface area contributed by atoms with Crippen LogP contribution in [-0.4, -0.2) is 52.7 Å². The molecule has 0 N–H and O–H groups in total. The molecule has 1 aromatic rings. The van der Waals surface area contributed by atoms with E-state index in [4.69, 9.17) is 27.9 Å². The number of carbonyl (C=O) groups is 1. The molecule has 4 nitrogen and oxygen atoms in total. The molecule has 0 aromatic heterocycles. The molecule has 3 rings (SSSR count). The van der Waals surface area contributed by atoms with Gasteiger partial charge in [-0.1, -0.05) is 42.1 Å². The van der Waals surface area contributed by atoms with E-state index < -0.39 is 0 Å². The molecule has 2 fully saturated rings. The fourth-order valence-electron chi connectivity index (χ4n) is 3.54. The molecule has 0 bridgehead atoms. The van der Waals surface area contributed by atoms with Crippen LogP contribution in [0.1, 0.15) is 38.2 Å². The Bertz CT molecular complexity index is 626. The summed E-state index contributed by atoms with van der Waals surface area (Å²) in [7, 11) is 0. The summed E-state index contributed by atoms with van der Waals surface area (Å²) in [6.07, 6.45) is 5.03. The van der Waals surface area contributed by atoms with Gasteiger partial charge >= 0.3 is 0 Å². The van der Waals surface area contributed by atoms with Gasteiger partial charge in [0.1, 0.15) is 0 Å². The molecule has 1 atom stereocenters. The van der Waals surface area contributed by atoms with Crippen LogP contribution in [0.25, 0.3) is 0 Å². The van der Waals surface area contributed by atoms with Gasteiger partial charge in [-0.25, -0.2) is 0 Å². The molecule has 1 aliphatic heterocycles. The van der Waals surface area contributed by atoms with E-state index in [0.717, 1.165) is 25.2 Å². The first kappa shape index (κ1) is 20.3. The molecule has 1 saturated carbocycles. The highest BCUT2D eigenvalue weighted by Gasteiger charge is 2.27. The Balaban J connectivity index is 1.54. The van der Waals surface area contributed by atoms with Crippen LogP contribution in [-0.2, 0) is 16.1 Å². The van der Waals surface area contributed by atoms with Gasteiger partial charge in [0.05, 0.1) is 29.3 Å². The quantitative estimate of drug-likeness (QED) is 0.632. The molecule has 1 heterocycles. The Morgan fingerprint density at radius 2 is 2.08 bits per heavy atom. The number of halogens is 2. The maximum atomic E-state index is 12.1. The zero-order valence-electron chi connectivity index (χ0n) is 15.1. The number of morpholine rings is 1. The van der Waals surface area contributed by atoms with Crippen molar-refractivity contribution in [3.63, 3.8) is 0 Å². The third-order valence-corrected chi connectivity index (χ3v) is 7.08. The van der Waals surface area contributed by atoms with Gasteiger partial charge in [0.15, 0.2) is 0 Å². The summed E-state index contributed by atoms with van der Waals surface area (Å²) in [6, 6.07) is 5.77. The minimum Gasteiger partial charge on any atom is -0.374 e. The van der Waals surface area contributed by atoms with E-state index in [9.17, 15) is 4.79 Å². The van der Waals surface area contributed by atoms with E-state index in [-0.39, 0.29) is 12.0 Å². The highest BCUT2D eigenvalue weighted by Crippen LogP contribution is 2.32. The van der Waals surface area contributed by atoms with Crippen molar-refractivity contribution in [3.8, 4) is 0 Å². The van der Waals surface area contributed by atoms with Gasteiger partial charge in [0, 0.05) is 31.8 Å². The highest BCUT2D eigenvalue weighted by molar-refractivity contribution is 7.98. The summed E-state index contributed by atoms with van der Waals surface area (Å²) in [5, 5.41) is 1.75. The molecule has 0 unspecified atom stereocenters. The molecule has 1 amide bonds. The smallest absolute Gasteiger partial charge is 0.229 e. The molecule has 2 aliphatic rings. The SMILES string of the molecule is CC(=O)N(C[C@@H]1CN(Cc2ccc(Cl)c(Cl)c2)CCO1)SC1CCCC1. The number of ether oxygens (including phenoxy) is 1. The molecule has 1 saturated heterocycles. The third kappa shape index (κ3) is 5.77. The first-order valence-electron chi connectivity index (χ1n) is 9.24. The molecular formula is C19H26Cl2N2O2S. The van der Waals surface area contributed by atoms with Crippen LogP contribution < -0.4 is 0 Å². The first-order chi connectivity index (χ1) is 12.5. The topological polar surface area (TPSA) is 32.8 Å². The van der Waals surface area contributed by atoms with Gasteiger partial charge in [-0.15, -0.1) is 0 Å². The average molecular weight is 417 g/mol. The Morgan fingerprint density at radius 3 is 2.77 bits per heavy atom. The van der Waals surface area contributed by atoms with Crippen LogP contribution in [0.2, 0.25) is 10.0 Å². The lowest BCUT2D eigenvalue weighted by Gasteiger charge is -2.35. The summed E-state index contributed by atoms with van der Waals surface area (Å²) >= 11 is 13.8. The number of benzene rings is 1. The molecule has 0 spiro atoms. The lowest BCUT2D eigenvalue weighted by atomic mass is 10.2. The van der Waals surface area contributed by atoms with Crippen molar-refractivity contribution in [2.75, 3.05) is 26.2 Å². The van der Waals surface area contributed by atoms with Crippen LogP contribution in [0.15, 0.2) is 18.2 Å². The number of amides is 1. The van der Waals surface area contributed by atoms with Crippen LogP contribution in [0, 0.1) is 0 Å². The predicted molar refractivity (Wildman–Crippen MR) is 109 cm³/mol. The Morgan fingerprint density at radius 1 is 1.31 bits per heavy atom. The van der Waals surface area contributed by atoms with E-state index in [1.807, 2.05) is 22.5 Å². The number of hydrogen-bond acceptors (Lipinski definition) is 4. The van der Waals surface area contributed by atoms with E-state index in [1.54, 1.807) is 18.9 Å². The van der Waals surface area contributed by atoms with Crippen LogP contribution >= 0.6 is 35.1 Å². The first-order valence-corrected chi connectivity index (χ1v) is 10.8. The van der Waals surface area contributed by atoms with Crippen LogP contribution in [0.4, 0.5) is 0 Å². The number of rotatable bonds is 6. The van der Waals surface area contributed by atoms with E-state index in [0.29, 0.717) is 28.4 Å². The van der Waals surface area contributed by atoms with Crippen molar-refractivity contribution in [1.82, 2.24) is 9.21 Å². The maximum Gasteiger partial charge on any atom is 0.229 e. The molecule has 1 aliphatic carbocycles. The predicted octanol–water partition coefficient (Wildman–Crippen LogP) is 4.63. The second-order valence-corrected chi connectivity index (χ2v) is 9.20. The van der Waals surface area contributed by atoms with Gasteiger partial charge in [0.2, 0.25) is 5.91 Å². The Hall–Kier alpha value is -0.460. The van der Waals surface area contributed by atoms with Gasteiger partial charge in [-0.3, -0.25) is 14.0 Å². The van der Waals surface area contributed by atoms with Crippen LogP contribution in [0.3, 0.4) is 0 Å². The lowest BCUT2D eigenvalue weighted by molar-refractivity contribution is -0.126. The van der Waals surface area contributed by atoms with E-state index in [1.165, 1.54) is 25.7 Å². The molecule has 0 radical (unpaired) electrons. The number of carbonyl (C=O) groups excluding carboxylic acids is 1. The molecular weight excluding hydrogens is 391 g/mol. The fourth-order valence-corrected chi connectivity index (χ4v) is 5.16. The Kier molecular flexibility index (Phi) is 7.53. The minimum atomic E-state index is 0.0457. The number of nitrogens with zero attached hydrogens (tertiary/aromatic N) is 2. The second-order valence-electron chi connectivity index (χ2n) is 7.07. The Labute approximate surface area is 170 Å². The molecule has 26 heavy (non-hydrogen) atoms. The third-order valence-electron chi connectivity index (χ3n) is 4.91. The lowest BCUT2D eigenvalue weighted by Crippen LogP contribution is -2.47. The van der Waals surface area contributed by atoms with E-state index in [2.05, 4.69) is 4.90 Å². The molecule has 144 valence electrons. The fraction of sp³-hybridized carbons (Fsp3) is 0.632. The zero-order valence-corrected chi connectivity index (χ0v) is 17.5. The maximum absolute atomic E-state index is 12.1.